The molecule has 1 aromatic carbocycles. The second kappa shape index (κ2) is 5.43. The minimum absolute atomic E-state index is 0.0823. The maximum Gasteiger partial charge on any atom is 0.323 e. The molecule has 3 N–H and O–H groups in total. The van der Waals surface area contributed by atoms with Crippen molar-refractivity contribution in [2.75, 3.05) is 6.54 Å². The highest BCUT2D eigenvalue weighted by atomic mass is 32.2. The molecule has 0 amide bonds. The number of aryl methyl sites for hydroxylation is 1. The maximum absolute atomic E-state index is 12.2. The molecule has 0 saturated carbocycles. The summed E-state index contributed by atoms with van der Waals surface area (Å²) < 4.78 is 32.2. The summed E-state index contributed by atoms with van der Waals surface area (Å²) in [5.41, 5.74) is 0.618. The molecule has 3 rings (SSSR count). The van der Waals surface area contributed by atoms with Crippen LogP contribution in [0.3, 0.4) is 0 Å². The molecule has 0 spiro atoms. The molecular formula is C13H14N4O4S. The van der Waals surface area contributed by atoms with Gasteiger partial charge in [0.05, 0.1) is 22.1 Å². The fourth-order valence-electron chi connectivity index (χ4n) is 2.07. The molecule has 0 bridgehead atoms. The first-order valence-electron chi connectivity index (χ1n) is 6.57. The van der Waals surface area contributed by atoms with Gasteiger partial charge in [-0.1, -0.05) is 0 Å². The first kappa shape index (κ1) is 14.5. The lowest BCUT2D eigenvalue weighted by Crippen LogP contribution is -2.26. The van der Waals surface area contributed by atoms with Gasteiger partial charge in [0.15, 0.2) is 5.89 Å². The van der Waals surface area contributed by atoms with Crippen LogP contribution in [0.1, 0.15) is 11.7 Å². The minimum atomic E-state index is -3.66. The summed E-state index contributed by atoms with van der Waals surface area (Å²) in [6, 6.07) is 4.38. The van der Waals surface area contributed by atoms with E-state index in [1.165, 1.54) is 12.1 Å². The number of sulfonamides is 1. The van der Waals surface area contributed by atoms with Crippen LogP contribution in [0.25, 0.3) is 11.0 Å². The SMILES string of the molecule is Cc1cnc(CCNS(=O)(=O)c2ccc3[nH]c(=O)[nH]c3c2)o1. The van der Waals surface area contributed by atoms with E-state index in [4.69, 9.17) is 4.42 Å². The molecular weight excluding hydrogens is 308 g/mol. The number of H-pyrrole nitrogens is 2. The number of hydrogen-bond donors (Lipinski definition) is 3. The molecule has 0 saturated heterocycles. The highest BCUT2D eigenvalue weighted by molar-refractivity contribution is 7.89. The van der Waals surface area contributed by atoms with Crippen molar-refractivity contribution in [1.29, 1.82) is 0 Å². The Balaban J connectivity index is 1.74. The Morgan fingerprint density at radius 3 is 2.77 bits per heavy atom. The van der Waals surface area contributed by atoms with Gasteiger partial charge >= 0.3 is 5.69 Å². The number of hydrogen-bond acceptors (Lipinski definition) is 5. The second-order valence-electron chi connectivity index (χ2n) is 4.80. The molecule has 9 heteroatoms. The Bertz CT molecular complexity index is 967. The zero-order chi connectivity index (χ0) is 15.7. The zero-order valence-corrected chi connectivity index (χ0v) is 12.5. The van der Waals surface area contributed by atoms with Crippen LogP contribution in [0.15, 0.2) is 38.5 Å². The molecule has 116 valence electrons. The van der Waals surface area contributed by atoms with Gasteiger partial charge in [0.2, 0.25) is 10.0 Å². The van der Waals surface area contributed by atoms with E-state index in [2.05, 4.69) is 19.7 Å². The van der Waals surface area contributed by atoms with E-state index in [0.29, 0.717) is 29.1 Å². The van der Waals surface area contributed by atoms with E-state index in [9.17, 15) is 13.2 Å². The monoisotopic (exact) mass is 322 g/mol. The molecule has 0 atom stereocenters. The number of aromatic nitrogens is 3. The first-order chi connectivity index (χ1) is 10.4. The van der Waals surface area contributed by atoms with Crippen molar-refractivity contribution in [3.63, 3.8) is 0 Å². The average molecular weight is 322 g/mol. The summed E-state index contributed by atoms with van der Waals surface area (Å²) >= 11 is 0. The quantitative estimate of drug-likeness (QED) is 0.637. The summed E-state index contributed by atoms with van der Waals surface area (Å²) in [6.45, 7) is 1.94. The largest absolute Gasteiger partial charge is 0.446 e. The Kier molecular flexibility index (Phi) is 3.59. The predicted octanol–water partition coefficient (Wildman–Crippen LogP) is 0.674. The van der Waals surface area contributed by atoms with E-state index in [1.807, 2.05) is 0 Å². The maximum atomic E-state index is 12.2. The normalized spacial score (nSPS) is 12.0. The number of imidazole rings is 1. The highest BCUT2D eigenvalue weighted by Gasteiger charge is 2.15. The number of rotatable bonds is 5. The van der Waals surface area contributed by atoms with E-state index >= 15 is 0 Å². The summed E-state index contributed by atoms with van der Waals surface area (Å²) in [6.07, 6.45) is 1.94. The molecule has 0 radical (unpaired) electrons. The number of fused-ring (bicyclic) bond motifs is 1. The van der Waals surface area contributed by atoms with Crippen LogP contribution >= 0.6 is 0 Å². The third-order valence-corrected chi connectivity index (χ3v) is 4.56. The van der Waals surface area contributed by atoms with Crippen LogP contribution < -0.4 is 10.4 Å². The van der Waals surface area contributed by atoms with Gasteiger partial charge in [-0.2, -0.15) is 0 Å². The van der Waals surface area contributed by atoms with Crippen LogP contribution in [0, 0.1) is 6.92 Å². The Morgan fingerprint density at radius 2 is 2.05 bits per heavy atom. The molecule has 8 nitrogen and oxygen atoms in total. The third kappa shape index (κ3) is 2.95. The van der Waals surface area contributed by atoms with Crippen molar-refractivity contribution in [2.45, 2.75) is 18.2 Å². The van der Waals surface area contributed by atoms with Gasteiger partial charge in [-0.15, -0.1) is 0 Å². The van der Waals surface area contributed by atoms with Gasteiger partial charge in [-0.25, -0.2) is 22.9 Å². The standard InChI is InChI=1S/C13H14N4O4S/c1-8-7-14-12(21-8)4-5-15-22(19,20)9-2-3-10-11(6-9)17-13(18)16-10/h2-3,6-7,15H,4-5H2,1H3,(H2,16,17,18). The smallest absolute Gasteiger partial charge is 0.323 e. The number of oxazole rings is 1. The molecule has 0 fully saturated rings. The Morgan fingerprint density at radius 1 is 1.27 bits per heavy atom. The summed E-state index contributed by atoms with van der Waals surface area (Å²) in [5.74, 6) is 1.16. The van der Waals surface area contributed by atoms with Gasteiger partial charge in [0.1, 0.15) is 5.76 Å². The first-order valence-corrected chi connectivity index (χ1v) is 8.05. The summed E-state index contributed by atoms with van der Waals surface area (Å²) in [5, 5.41) is 0. The van der Waals surface area contributed by atoms with Crippen molar-refractivity contribution in [3.8, 4) is 0 Å². The molecule has 2 heterocycles. The van der Waals surface area contributed by atoms with Crippen molar-refractivity contribution in [3.05, 3.63) is 46.5 Å². The van der Waals surface area contributed by atoms with Gasteiger partial charge in [-0.05, 0) is 25.1 Å². The summed E-state index contributed by atoms with van der Waals surface area (Å²) in [4.78, 5) is 20.4. The number of nitrogens with zero attached hydrogens (tertiary/aromatic N) is 1. The minimum Gasteiger partial charge on any atom is -0.446 e. The molecule has 0 aliphatic rings. The van der Waals surface area contributed by atoms with Gasteiger partial charge < -0.3 is 14.4 Å². The lowest BCUT2D eigenvalue weighted by atomic mass is 10.3. The fraction of sp³-hybridized carbons (Fsp3) is 0.231. The van der Waals surface area contributed by atoms with Crippen LogP contribution in [0.5, 0.6) is 0 Å². The van der Waals surface area contributed by atoms with Crippen molar-refractivity contribution in [2.24, 2.45) is 0 Å². The molecule has 2 aromatic heterocycles. The Hall–Kier alpha value is -2.39. The number of nitrogens with one attached hydrogen (secondary N) is 3. The molecule has 0 unspecified atom stereocenters. The topological polar surface area (TPSA) is 121 Å². The average Bonchev–Trinajstić information content (AvgIpc) is 3.02. The molecule has 22 heavy (non-hydrogen) atoms. The van der Waals surface area contributed by atoms with Crippen LogP contribution in [0.2, 0.25) is 0 Å². The van der Waals surface area contributed by atoms with E-state index in [1.54, 1.807) is 19.2 Å². The third-order valence-electron chi connectivity index (χ3n) is 3.10. The number of benzene rings is 1. The second-order valence-corrected chi connectivity index (χ2v) is 6.57. The van der Waals surface area contributed by atoms with Crippen LogP contribution in [0.4, 0.5) is 0 Å². The highest BCUT2D eigenvalue weighted by Crippen LogP contribution is 2.14. The van der Waals surface area contributed by atoms with E-state index < -0.39 is 10.0 Å². The van der Waals surface area contributed by atoms with Crippen LogP contribution in [-0.4, -0.2) is 29.9 Å². The molecule has 0 aliphatic carbocycles. The predicted molar refractivity (Wildman–Crippen MR) is 79.1 cm³/mol. The lowest BCUT2D eigenvalue weighted by Gasteiger charge is -2.05. The van der Waals surface area contributed by atoms with Gasteiger partial charge in [0.25, 0.3) is 0 Å². The summed E-state index contributed by atoms with van der Waals surface area (Å²) in [7, 11) is -3.66. The van der Waals surface area contributed by atoms with Crippen LogP contribution in [-0.2, 0) is 16.4 Å². The van der Waals surface area contributed by atoms with Crippen molar-refractivity contribution < 1.29 is 12.8 Å². The Labute approximate surface area is 125 Å². The molecule has 0 aliphatic heterocycles. The van der Waals surface area contributed by atoms with Crippen molar-refractivity contribution in [1.82, 2.24) is 19.7 Å². The van der Waals surface area contributed by atoms with Gasteiger partial charge in [0, 0.05) is 13.0 Å². The van der Waals surface area contributed by atoms with Crippen molar-refractivity contribution >= 4 is 21.1 Å². The van der Waals surface area contributed by atoms with Gasteiger partial charge in [-0.3, -0.25) is 0 Å². The lowest BCUT2D eigenvalue weighted by molar-refractivity contribution is 0.469. The van der Waals surface area contributed by atoms with E-state index in [-0.39, 0.29) is 17.1 Å². The molecule has 3 aromatic rings. The fourth-order valence-corrected chi connectivity index (χ4v) is 3.13. The van der Waals surface area contributed by atoms with E-state index in [0.717, 1.165) is 0 Å². The number of aromatic amines is 2. The zero-order valence-electron chi connectivity index (χ0n) is 11.7.